The van der Waals surface area contributed by atoms with Gasteiger partial charge in [0.05, 0.1) is 17.1 Å². The Morgan fingerprint density at radius 3 is 2.18 bits per heavy atom. The Hall–Kier alpha value is -2.53. The molecule has 0 bridgehead atoms. The fourth-order valence-corrected chi connectivity index (χ4v) is 2.81. The molecule has 0 spiro atoms. The number of amides is 2. The van der Waals surface area contributed by atoms with Gasteiger partial charge in [0.15, 0.2) is 0 Å². The maximum atomic E-state index is 12.1. The van der Waals surface area contributed by atoms with Crippen LogP contribution in [0.25, 0.3) is 0 Å². The number of carbonyl (C=O) groups is 2. The summed E-state index contributed by atoms with van der Waals surface area (Å²) in [5, 5.41) is 9.06. The van der Waals surface area contributed by atoms with E-state index in [9.17, 15) is 9.59 Å². The van der Waals surface area contributed by atoms with Crippen molar-refractivity contribution in [3.8, 4) is 0 Å². The van der Waals surface area contributed by atoms with Crippen molar-refractivity contribution in [2.24, 2.45) is 5.92 Å². The van der Waals surface area contributed by atoms with Crippen LogP contribution in [0.5, 0.6) is 0 Å². The van der Waals surface area contributed by atoms with Gasteiger partial charge in [-0.3, -0.25) is 9.59 Å². The van der Waals surface area contributed by atoms with Crippen LogP contribution in [0.15, 0.2) is 42.5 Å². The van der Waals surface area contributed by atoms with Gasteiger partial charge < -0.3 is 16.0 Å². The highest BCUT2D eigenvalue weighted by Gasteiger charge is 2.11. The van der Waals surface area contributed by atoms with Gasteiger partial charge in [-0.05, 0) is 47.7 Å². The van der Waals surface area contributed by atoms with E-state index in [1.54, 1.807) is 18.2 Å². The third-order valence-electron chi connectivity index (χ3n) is 4.20. The third kappa shape index (κ3) is 6.57. The van der Waals surface area contributed by atoms with Gasteiger partial charge in [-0.15, -0.1) is 0 Å². The van der Waals surface area contributed by atoms with E-state index >= 15 is 0 Å². The first-order valence-electron chi connectivity index (χ1n) is 9.47. The lowest BCUT2D eigenvalue weighted by Crippen LogP contribution is -2.27. The molecule has 2 amide bonds. The predicted molar refractivity (Wildman–Crippen MR) is 116 cm³/mol. The van der Waals surface area contributed by atoms with Gasteiger partial charge in [0.1, 0.15) is 0 Å². The molecule has 0 radical (unpaired) electrons. The van der Waals surface area contributed by atoms with Crippen LogP contribution in [0.2, 0.25) is 5.02 Å². The van der Waals surface area contributed by atoms with Gasteiger partial charge in [-0.2, -0.15) is 0 Å². The Morgan fingerprint density at radius 2 is 1.61 bits per heavy atom. The number of nitrogens with one attached hydrogen (secondary N) is 3. The molecule has 2 rings (SSSR count). The lowest BCUT2D eigenvalue weighted by molar-refractivity contribution is -0.114. The number of halogens is 1. The van der Waals surface area contributed by atoms with Crippen molar-refractivity contribution in [3.63, 3.8) is 0 Å². The maximum Gasteiger partial charge on any atom is 0.252 e. The first-order valence-corrected chi connectivity index (χ1v) is 9.85. The average Bonchev–Trinajstić information content (AvgIpc) is 2.65. The summed E-state index contributed by atoms with van der Waals surface area (Å²) >= 11 is 6.22. The molecule has 0 atom stereocenters. The molecule has 2 aromatic rings. The summed E-state index contributed by atoms with van der Waals surface area (Å²) in [4.78, 5) is 24.3. The number of anilines is 2. The monoisotopic (exact) mass is 401 g/mol. The summed E-state index contributed by atoms with van der Waals surface area (Å²) in [6, 6.07) is 12.9. The summed E-state index contributed by atoms with van der Waals surface area (Å²) in [5.74, 6) is 0.454. The molecule has 0 saturated carbocycles. The lowest BCUT2D eigenvalue weighted by atomic mass is 10.0. The van der Waals surface area contributed by atoms with Crippen LogP contribution < -0.4 is 16.0 Å². The van der Waals surface area contributed by atoms with Crippen LogP contribution in [0.4, 0.5) is 11.4 Å². The predicted octanol–water partition coefficient (Wildman–Crippen LogP) is 4.90. The molecule has 0 aromatic heterocycles. The van der Waals surface area contributed by atoms with Crippen molar-refractivity contribution < 1.29 is 9.59 Å². The Morgan fingerprint density at radius 1 is 0.964 bits per heavy atom. The second-order valence-electron chi connectivity index (χ2n) is 7.48. The Balaban J connectivity index is 1.88. The van der Waals surface area contributed by atoms with Crippen molar-refractivity contribution in [3.05, 3.63) is 58.6 Å². The molecular weight excluding hydrogens is 374 g/mol. The first-order chi connectivity index (χ1) is 13.3. The molecule has 0 aliphatic rings. The SMILES string of the molecule is CC(C)CNC(=O)c1ccc(NCC(=O)Nc2ccc(C(C)C)cc2)cc1Cl. The maximum absolute atomic E-state index is 12.1. The Kier molecular flexibility index (Phi) is 7.88. The van der Waals surface area contributed by atoms with Gasteiger partial charge >= 0.3 is 0 Å². The van der Waals surface area contributed by atoms with E-state index in [-0.39, 0.29) is 18.4 Å². The molecule has 0 heterocycles. The van der Waals surface area contributed by atoms with Crippen molar-refractivity contribution in [1.29, 1.82) is 0 Å². The van der Waals surface area contributed by atoms with E-state index in [4.69, 9.17) is 11.6 Å². The van der Waals surface area contributed by atoms with Gasteiger partial charge in [0.2, 0.25) is 5.91 Å². The van der Waals surface area contributed by atoms with E-state index in [1.165, 1.54) is 5.56 Å². The van der Waals surface area contributed by atoms with Crippen LogP contribution >= 0.6 is 11.6 Å². The quantitative estimate of drug-likeness (QED) is 0.589. The Bertz CT molecular complexity index is 817. The molecule has 3 N–H and O–H groups in total. The van der Waals surface area contributed by atoms with Crippen LogP contribution in [-0.4, -0.2) is 24.9 Å². The molecule has 6 heteroatoms. The zero-order chi connectivity index (χ0) is 20.7. The zero-order valence-corrected chi connectivity index (χ0v) is 17.6. The molecule has 0 aliphatic heterocycles. The Labute approximate surface area is 171 Å². The smallest absolute Gasteiger partial charge is 0.252 e. The van der Waals surface area contributed by atoms with Crippen molar-refractivity contribution in [2.75, 3.05) is 23.7 Å². The number of hydrogen-bond donors (Lipinski definition) is 3. The molecule has 0 aliphatic carbocycles. The standard InChI is InChI=1S/C22H28ClN3O2/c1-14(2)12-25-22(28)19-10-9-18(11-20(19)23)24-13-21(27)26-17-7-5-16(6-8-17)15(3)4/h5-11,14-15,24H,12-13H2,1-4H3,(H,25,28)(H,26,27). The summed E-state index contributed by atoms with van der Waals surface area (Å²) in [6.45, 7) is 9.00. The fraction of sp³-hybridized carbons (Fsp3) is 0.364. The van der Waals surface area contributed by atoms with Crippen LogP contribution in [0.3, 0.4) is 0 Å². The normalized spacial score (nSPS) is 10.8. The van der Waals surface area contributed by atoms with Crippen molar-refractivity contribution in [1.82, 2.24) is 5.32 Å². The molecule has 5 nitrogen and oxygen atoms in total. The average molecular weight is 402 g/mol. The number of benzene rings is 2. The van der Waals surface area contributed by atoms with Crippen LogP contribution in [-0.2, 0) is 4.79 Å². The molecule has 28 heavy (non-hydrogen) atoms. The van der Waals surface area contributed by atoms with E-state index < -0.39 is 0 Å². The highest BCUT2D eigenvalue weighted by Crippen LogP contribution is 2.21. The summed E-state index contributed by atoms with van der Waals surface area (Å²) < 4.78 is 0. The summed E-state index contributed by atoms with van der Waals surface area (Å²) in [5.41, 5.74) is 3.08. The van der Waals surface area contributed by atoms with E-state index in [0.717, 1.165) is 5.69 Å². The van der Waals surface area contributed by atoms with Gasteiger partial charge in [-0.1, -0.05) is 51.4 Å². The van der Waals surface area contributed by atoms with Crippen molar-refractivity contribution in [2.45, 2.75) is 33.6 Å². The number of rotatable bonds is 8. The zero-order valence-electron chi connectivity index (χ0n) is 16.8. The van der Waals surface area contributed by atoms with E-state index in [2.05, 4.69) is 29.8 Å². The van der Waals surface area contributed by atoms with Crippen LogP contribution in [0.1, 0.15) is 49.5 Å². The van der Waals surface area contributed by atoms with Crippen LogP contribution in [0, 0.1) is 5.92 Å². The first kappa shape index (κ1) is 21.8. The lowest BCUT2D eigenvalue weighted by Gasteiger charge is -2.12. The number of hydrogen-bond acceptors (Lipinski definition) is 3. The molecule has 0 fully saturated rings. The van der Waals surface area contributed by atoms with Gasteiger partial charge in [-0.25, -0.2) is 0 Å². The van der Waals surface area contributed by atoms with Gasteiger partial charge in [0.25, 0.3) is 5.91 Å². The third-order valence-corrected chi connectivity index (χ3v) is 4.51. The molecule has 2 aromatic carbocycles. The summed E-state index contributed by atoms with van der Waals surface area (Å²) in [7, 11) is 0. The minimum absolute atomic E-state index is 0.0984. The minimum Gasteiger partial charge on any atom is -0.376 e. The molecule has 0 saturated heterocycles. The highest BCUT2D eigenvalue weighted by molar-refractivity contribution is 6.34. The van der Waals surface area contributed by atoms with Crippen molar-refractivity contribution >= 4 is 34.8 Å². The van der Waals surface area contributed by atoms with E-state index in [1.807, 2.05) is 38.1 Å². The largest absolute Gasteiger partial charge is 0.376 e. The second kappa shape index (κ2) is 10.1. The molecule has 0 unspecified atom stereocenters. The second-order valence-corrected chi connectivity index (χ2v) is 7.88. The molecular formula is C22H28ClN3O2. The fourth-order valence-electron chi connectivity index (χ4n) is 2.54. The molecule has 150 valence electrons. The van der Waals surface area contributed by atoms with E-state index in [0.29, 0.717) is 34.7 Å². The minimum atomic E-state index is -0.201. The van der Waals surface area contributed by atoms with Gasteiger partial charge in [0, 0.05) is 17.9 Å². The highest BCUT2D eigenvalue weighted by atomic mass is 35.5. The number of carbonyl (C=O) groups excluding carboxylic acids is 2. The topological polar surface area (TPSA) is 70.2 Å². The summed E-state index contributed by atoms with van der Waals surface area (Å²) in [6.07, 6.45) is 0.